The number of anilines is 1. The van der Waals surface area contributed by atoms with Gasteiger partial charge in [0.2, 0.25) is 0 Å². The number of rotatable bonds is 4. The molecule has 3 rings (SSSR count). The SMILES string of the molecule is Cc1cccc(NC(=S)NC2N(C(=O)c3ccccc3)C(C(C)C)SC2(C)C)c1. The number of thiocarbonyl (C=S) groups is 1. The quantitative estimate of drug-likeness (QED) is 0.652. The van der Waals surface area contributed by atoms with Crippen LogP contribution in [0.25, 0.3) is 0 Å². The van der Waals surface area contributed by atoms with Crippen LogP contribution in [-0.4, -0.2) is 32.2 Å². The molecule has 0 aromatic heterocycles. The van der Waals surface area contributed by atoms with Crippen LogP contribution in [0.4, 0.5) is 5.69 Å². The fourth-order valence-corrected chi connectivity index (χ4v) is 5.35. The van der Waals surface area contributed by atoms with E-state index in [0.29, 0.717) is 16.6 Å². The van der Waals surface area contributed by atoms with Crippen molar-refractivity contribution in [2.75, 3.05) is 5.32 Å². The molecule has 4 nitrogen and oxygen atoms in total. The average molecular weight is 428 g/mol. The third kappa shape index (κ3) is 4.93. The van der Waals surface area contributed by atoms with Gasteiger partial charge in [0.25, 0.3) is 5.91 Å². The van der Waals surface area contributed by atoms with Crippen molar-refractivity contribution in [3.8, 4) is 0 Å². The molecule has 29 heavy (non-hydrogen) atoms. The molecule has 1 amide bonds. The van der Waals surface area contributed by atoms with Crippen molar-refractivity contribution in [1.29, 1.82) is 0 Å². The van der Waals surface area contributed by atoms with Crippen molar-refractivity contribution in [2.24, 2.45) is 5.92 Å². The first kappa shape index (κ1) is 21.7. The highest BCUT2D eigenvalue weighted by Crippen LogP contribution is 2.46. The Morgan fingerprint density at radius 3 is 2.45 bits per heavy atom. The minimum atomic E-state index is -0.225. The number of nitrogens with one attached hydrogen (secondary N) is 2. The summed E-state index contributed by atoms with van der Waals surface area (Å²) in [4.78, 5) is 15.4. The average Bonchev–Trinajstić information content (AvgIpc) is 2.93. The number of carbonyl (C=O) groups is 1. The highest BCUT2D eigenvalue weighted by Gasteiger charge is 2.50. The van der Waals surface area contributed by atoms with Crippen molar-refractivity contribution in [3.63, 3.8) is 0 Å². The number of amides is 1. The molecule has 0 spiro atoms. The first-order valence-electron chi connectivity index (χ1n) is 9.89. The van der Waals surface area contributed by atoms with Crippen molar-refractivity contribution >= 4 is 40.7 Å². The lowest BCUT2D eigenvalue weighted by molar-refractivity contribution is 0.0605. The summed E-state index contributed by atoms with van der Waals surface area (Å²) in [7, 11) is 0. The van der Waals surface area contributed by atoms with Gasteiger partial charge in [0, 0.05) is 11.3 Å². The topological polar surface area (TPSA) is 44.4 Å². The number of thioether (sulfide) groups is 1. The predicted octanol–water partition coefficient (Wildman–Crippen LogP) is 5.26. The summed E-state index contributed by atoms with van der Waals surface area (Å²) < 4.78 is -0.197. The highest BCUT2D eigenvalue weighted by molar-refractivity contribution is 8.01. The zero-order valence-corrected chi connectivity index (χ0v) is 19.2. The van der Waals surface area contributed by atoms with Crippen molar-refractivity contribution in [3.05, 3.63) is 65.7 Å². The molecular weight excluding hydrogens is 398 g/mol. The van der Waals surface area contributed by atoms with E-state index in [1.165, 1.54) is 0 Å². The Hall–Kier alpha value is -2.05. The van der Waals surface area contributed by atoms with Gasteiger partial charge in [-0.15, -0.1) is 11.8 Å². The van der Waals surface area contributed by atoms with E-state index >= 15 is 0 Å². The second kappa shape index (κ2) is 8.76. The molecule has 0 saturated carbocycles. The minimum absolute atomic E-state index is 0.0261. The Balaban J connectivity index is 1.86. The summed E-state index contributed by atoms with van der Waals surface area (Å²) in [6.45, 7) is 10.7. The molecule has 1 aliphatic heterocycles. The molecule has 1 heterocycles. The van der Waals surface area contributed by atoms with Gasteiger partial charge in [-0.25, -0.2) is 0 Å². The van der Waals surface area contributed by atoms with Gasteiger partial charge < -0.3 is 15.5 Å². The van der Waals surface area contributed by atoms with Crippen LogP contribution >= 0.6 is 24.0 Å². The van der Waals surface area contributed by atoms with Crippen LogP contribution in [-0.2, 0) is 0 Å². The molecule has 6 heteroatoms. The molecule has 1 saturated heterocycles. The van der Waals surface area contributed by atoms with Gasteiger partial charge in [-0.1, -0.05) is 44.2 Å². The Labute approximate surface area is 183 Å². The number of hydrogen-bond acceptors (Lipinski definition) is 3. The number of aryl methyl sites for hydroxylation is 1. The molecule has 0 radical (unpaired) electrons. The standard InChI is InChI=1S/C23H29N3OS2/c1-15(2)20-26(19(27)17-11-7-6-8-12-17)21(23(4,5)29-20)25-22(28)24-18-13-9-10-16(3)14-18/h6-15,20-21H,1-5H3,(H2,24,25,28). The first-order chi connectivity index (χ1) is 13.7. The molecule has 154 valence electrons. The van der Waals surface area contributed by atoms with Crippen LogP contribution in [0, 0.1) is 12.8 Å². The van der Waals surface area contributed by atoms with Crippen LogP contribution in [0.15, 0.2) is 54.6 Å². The van der Waals surface area contributed by atoms with E-state index in [1.807, 2.05) is 78.2 Å². The van der Waals surface area contributed by atoms with E-state index in [9.17, 15) is 4.79 Å². The lowest BCUT2D eigenvalue weighted by atomic mass is 10.1. The molecule has 2 atom stereocenters. The fourth-order valence-electron chi connectivity index (χ4n) is 3.59. The van der Waals surface area contributed by atoms with E-state index in [4.69, 9.17) is 12.2 Å². The highest BCUT2D eigenvalue weighted by atomic mass is 32.2. The van der Waals surface area contributed by atoms with Gasteiger partial charge in [-0.3, -0.25) is 4.79 Å². The number of carbonyl (C=O) groups excluding carboxylic acids is 1. The maximum Gasteiger partial charge on any atom is 0.256 e. The minimum Gasteiger partial charge on any atom is -0.341 e. The van der Waals surface area contributed by atoms with Gasteiger partial charge >= 0.3 is 0 Å². The van der Waals surface area contributed by atoms with Crippen molar-refractivity contribution in [1.82, 2.24) is 10.2 Å². The Morgan fingerprint density at radius 2 is 1.83 bits per heavy atom. The Kier molecular flexibility index (Phi) is 6.54. The van der Waals surface area contributed by atoms with Crippen molar-refractivity contribution < 1.29 is 4.79 Å². The van der Waals surface area contributed by atoms with E-state index in [1.54, 1.807) is 0 Å². The van der Waals surface area contributed by atoms with Crippen LogP contribution in [0.5, 0.6) is 0 Å². The smallest absolute Gasteiger partial charge is 0.256 e. The van der Waals surface area contributed by atoms with E-state index in [-0.39, 0.29) is 22.2 Å². The lowest BCUT2D eigenvalue weighted by Crippen LogP contribution is -2.57. The summed E-state index contributed by atoms with van der Waals surface area (Å²) in [6, 6.07) is 17.5. The molecule has 2 aromatic carbocycles. The predicted molar refractivity (Wildman–Crippen MR) is 127 cm³/mol. The molecule has 2 aromatic rings. The molecular formula is C23H29N3OS2. The third-order valence-electron chi connectivity index (χ3n) is 5.00. The number of benzene rings is 2. The summed E-state index contributed by atoms with van der Waals surface area (Å²) in [6.07, 6.45) is -0.225. The molecule has 1 fully saturated rings. The van der Waals surface area contributed by atoms with Crippen LogP contribution < -0.4 is 10.6 Å². The summed E-state index contributed by atoms with van der Waals surface area (Å²) in [5.74, 6) is 0.343. The van der Waals surface area contributed by atoms with Gasteiger partial charge in [0.15, 0.2) is 5.11 Å². The molecule has 0 bridgehead atoms. The summed E-state index contributed by atoms with van der Waals surface area (Å²) in [5.41, 5.74) is 2.79. The lowest BCUT2D eigenvalue weighted by Gasteiger charge is -2.35. The van der Waals surface area contributed by atoms with E-state index < -0.39 is 0 Å². The van der Waals surface area contributed by atoms with Crippen LogP contribution in [0.1, 0.15) is 43.6 Å². The molecule has 1 aliphatic rings. The zero-order valence-electron chi connectivity index (χ0n) is 17.6. The van der Waals surface area contributed by atoms with Crippen LogP contribution in [0.2, 0.25) is 0 Å². The molecule has 2 N–H and O–H groups in total. The second-order valence-electron chi connectivity index (χ2n) is 8.30. The van der Waals surface area contributed by atoms with Gasteiger partial charge in [0.1, 0.15) is 6.17 Å². The second-order valence-corrected chi connectivity index (χ2v) is 10.5. The van der Waals surface area contributed by atoms with Crippen LogP contribution in [0.3, 0.4) is 0 Å². The summed E-state index contributed by atoms with van der Waals surface area (Å²) >= 11 is 7.43. The fraction of sp³-hybridized carbons (Fsp3) is 0.391. The Morgan fingerprint density at radius 1 is 1.14 bits per heavy atom. The maximum atomic E-state index is 13.5. The van der Waals surface area contributed by atoms with Crippen molar-refractivity contribution in [2.45, 2.75) is 50.9 Å². The zero-order chi connectivity index (χ0) is 21.2. The van der Waals surface area contributed by atoms with E-state index in [2.05, 4.69) is 38.3 Å². The Bertz CT molecular complexity index is 883. The van der Waals surface area contributed by atoms with Gasteiger partial charge in [-0.2, -0.15) is 0 Å². The molecule has 0 aliphatic carbocycles. The summed E-state index contributed by atoms with van der Waals surface area (Å²) in [5, 5.41) is 7.28. The van der Waals surface area contributed by atoms with E-state index in [0.717, 1.165) is 11.3 Å². The van der Waals surface area contributed by atoms with Gasteiger partial charge in [-0.05, 0) is 68.7 Å². The first-order valence-corrected chi connectivity index (χ1v) is 11.2. The number of nitrogens with zero attached hydrogens (tertiary/aromatic N) is 1. The largest absolute Gasteiger partial charge is 0.341 e. The van der Waals surface area contributed by atoms with Gasteiger partial charge in [0.05, 0.1) is 10.1 Å². The molecule has 2 unspecified atom stereocenters. The number of hydrogen-bond donors (Lipinski definition) is 2. The maximum absolute atomic E-state index is 13.5. The monoisotopic (exact) mass is 427 g/mol. The normalized spacial score (nSPS) is 20.6. The third-order valence-corrected chi connectivity index (χ3v) is 7.07.